The zero-order valence-electron chi connectivity index (χ0n) is 25.5. The molecule has 0 aromatic heterocycles. The molecule has 0 bridgehead atoms. The second-order valence-corrected chi connectivity index (χ2v) is 12.1. The Morgan fingerprint density at radius 1 is 0.930 bits per heavy atom. The summed E-state index contributed by atoms with van der Waals surface area (Å²) in [5.74, 6) is 1.28. The quantitative estimate of drug-likeness (QED) is 0.286. The van der Waals surface area contributed by atoms with E-state index >= 15 is 0 Å². The number of dihydropyridines is 1. The van der Waals surface area contributed by atoms with Gasteiger partial charge in [-0.25, -0.2) is 4.79 Å². The first-order valence-corrected chi connectivity index (χ1v) is 15.8. The van der Waals surface area contributed by atoms with Crippen molar-refractivity contribution in [3.63, 3.8) is 0 Å². The summed E-state index contributed by atoms with van der Waals surface area (Å²) in [7, 11) is 4.79. The van der Waals surface area contributed by atoms with Gasteiger partial charge in [-0.15, -0.1) is 0 Å². The van der Waals surface area contributed by atoms with Crippen LogP contribution in [0.5, 0.6) is 23.0 Å². The van der Waals surface area contributed by atoms with E-state index in [0.717, 1.165) is 48.9 Å². The van der Waals surface area contributed by atoms with Gasteiger partial charge in [-0.3, -0.25) is 4.79 Å². The van der Waals surface area contributed by atoms with Crippen LogP contribution in [-0.4, -0.2) is 45.8 Å². The van der Waals surface area contributed by atoms with Gasteiger partial charge in [0.05, 0.1) is 38.0 Å². The molecule has 2 unspecified atom stereocenters. The molecule has 230 valence electrons. The number of allylic oxidation sites excluding steroid dienone is 3. The van der Waals surface area contributed by atoms with Crippen molar-refractivity contribution in [1.82, 2.24) is 5.32 Å². The number of nitrogens with one attached hydrogen (secondary N) is 1. The number of methoxy groups -OCH3 is 3. The van der Waals surface area contributed by atoms with E-state index in [1.165, 1.54) is 0 Å². The van der Waals surface area contributed by atoms with Gasteiger partial charge < -0.3 is 29.0 Å². The third-order valence-electron chi connectivity index (χ3n) is 8.62. The standard InChI is InChI=1S/C34H40BrNO7/c1-6-42-29-18-22(14-24(35)33(29)41-5)31-30(34(38)43-23-10-8-7-9-11-23)19(2)36-25-15-21(16-26(37)32(25)31)20-12-13-27(39-3)28(17-20)40-4/h12-14,17-18,21,23,31,36H,6-11,15-16H2,1-5H3. The average Bonchev–Trinajstić information content (AvgIpc) is 3.00. The molecule has 8 nitrogen and oxygen atoms in total. The van der Waals surface area contributed by atoms with Crippen molar-refractivity contribution in [3.8, 4) is 23.0 Å². The molecule has 1 heterocycles. The first kappa shape index (κ1) is 31.0. The Bertz CT molecular complexity index is 1460. The predicted octanol–water partition coefficient (Wildman–Crippen LogP) is 7.11. The number of carbonyl (C=O) groups excluding carboxylic acids is 2. The van der Waals surface area contributed by atoms with Crippen LogP contribution in [-0.2, 0) is 14.3 Å². The van der Waals surface area contributed by atoms with E-state index in [9.17, 15) is 9.59 Å². The van der Waals surface area contributed by atoms with Gasteiger partial charge in [0.1, 0.15) is 6.10 Å². The number of hydrogen-bond donors (Lipinski definition) is 1. The smallest absolute Gasteiger partial charge is 0.337 e. The normalized spacial score (nSPS) is 20.7. The van der Waals surface area contributed by atoms with E-state index in [-0.39, 0.29) is 23.8 Å². The molecule has 1 N–H and O–H groups in total. The summed E-state index contributed by atoms with van der Waals surface area (Å²) in [4.78, 5) is 28.1. The van der Waals surface area contributed by atoms with E-state index in [1.807, 2.05) is 44.2 Å². The van der Waals surface area contributed by atoms with Gasteiger partial charge >= 0.3 is 5.97 Å². The molecular formula is C34H40BrNO7. The Morgan fingerprint density at radius 3 is 2.33 bits per heavy atom. The molecule has 2 aromatic rings. The summed E-state index contributed by atoms with van der Waals surface area (Å²) < 4.78 is 29.3. The maximum Gasteiger partial charge on any atom is 0.337 e. The average molecular weight is 655 g/mol. The van der Waals surface area contributed by atoms with Gasteiger partial charge in [-0.05, 0) is 103 Å². The van der Waals surface area contributed by atoms with Crippen LogP contribution in [0.2, 0.25) is 0 Å². The van der Waals surface area contributed by atoms with Gasteiger partial charge in [0.2, 0.25) is 0 Å². The van der Waals surface area contributed by atoms with E-state index in [4.69, 9.17) is 23.7 Å². The molecular weight excluding hydrogens is 614 g/mol. The Labute approximate surface area is 261 Å². The Kier molecular flexibility index (Phi) is 9.69. The van der Waals surface area contributed by atoms with Crippen LogP contribution in [0.15, 0.2) is 57.3 Å². The molecule has 0 amide bonds. The van der Waals surface area contributed by atoms with E-state index in [2.05, 4.69) is 21.2 Å². The van der Waals surface area contributed by atoms with Crippen LogP contribution < -0.4 is 24.3 Å². The van der Waals surface area contributed by atoms with Gasteiger partial charge in [0, 0.05) is 29.3 Å². The van der Waals surface area contributed by atoms with Crippen molar-refractivity contribution in [2.45, 2.75) is 76.7 Å². The van der Waals surface area contributed by atoms with Gasteiger partial charge in [0.15, 0.2) is 28.8 Å². The van der Waals surface area contributed by atoms with Crippen LogP contribution in [0.1, 0.15) is 81.8 Å². The molecule has 43 heavy (non-hydrogen) atoms. The lowest BCUT2D eigenvalue weighted by atomic mass is 9.71. The summed E-state index contributed by atoms with van der Waals surface area (Å²) in [5.41, 5.74) is 4.32. The Morgan fingerprint density at radius 2 is 1.65 bits per heavy atom. The summed E-state index contributed by atoms with van der Waals surface area (Å²) in [6.45, 7) is 4.23. The van der Waals surface area contributed by atoms with Crippen LogP contribution in [0, 0.1) is 0 Å². The zero-order valence-corrected chi connectivity index (χ0v) is 27.1. The highest BCUT2D eigenvalue weighted by atomic mass is 79.9. The molecule has 9 heteroatoms. The number of ketones is 1. The summed E-state index contributed by atoms with van der Waals surface area (Å²) in [5, 5.41) is 3.46. The second kappa shape index (κ2) is 13.5. The van der Waals surface area contributed by atoms with Crippen LogP contribution >= 0.6 is 15.9 Å². The van der Waals surface area contributed by atoms with Gasteiger partial charge in [-0.2, -0.15) is 0 Å². The molecule has 2 aliphatic carbocycles. The molecule has 2 aromatic carbocycles. The summed E-state index contributed by atoms with van der Waals surface area (Å²) >= 11 is 3.64. The molecule has 1 aliphatic heterocycles. The third-order valence-corrected chi connectivity index (χ3v) is 9.21. The summed E-state index contributed by atoms with van der Waals surface area (Å²) in [6, 6.07) is 9.58. The van der Waals surface area contributed by atoms with E-state index in [1.54, 1.807) is 21.3 Å². The monoisotopic (exact) mass is 653 g/mol. The molecule has 0 radical (unpaired) electrons. The number of ether oxygens (including phenoxy) is 5. The number of hydrogen-bond acceptors (Lipinski definition) is 8. The number of esters is 1. The zero-order chi connectivity index (χ0) is 30.7. The van der Waals surface area contributed by atoms with E-state index in [0.29, 0.717) is 63.8 Å². The lowest BCUT2D eigenvalue weighted by Gasteiger charge is -2.37. The highest BCUT2D eigenvalue weighted by Gasteiger charge is 2.42. The van der Waals surface area contributed by atoms with Crippen molar-refractivity contribution < 1.29 is 33.3 Å². The number of benzene rings is 2. The largest absolute Gasteiger partial charge is 0.493 e. The van der Waals surface area contributed by atoms with Gasteiger partial charge in [0.25, 0.3) is 0 Å². The SMILES string of the molecule is CCOc1cc(C2C(C(=O)OC3CCCCC3)=C(C)NC3=C2C(=O)CC(c2ccc(OC)c(OC)c2)C3)cc(Br)c1OC. The molecule has 5 rings (SSSR count). The minimum absolute atomic E-state index is 0.0149. The topological polar surface area (TPSA) is 92.3 Å². The number of carbonyl (C=O) groups is 2. The molecule has 0 saturated heterocycles. The van der Waals surface area contributed by atoms with E-state index < -0.39 is 5.92 Å². The van der Waals surface area contributed by atoms with Crippen molar-refractivity contribution in [3.05, 3.63) is 68.5 Å². The minimum Gasteiger partial charge on any atom is -0.493 e. The number of halogens is 1. The van der Waals surface area contributed by atoms with Crippen molar-refractivity contribution in [2.24, 2.45) is 0 Å². The van der Waals surface area contributed by atoms with Crippen LogP contribution in [0.25, 0.3) is 0 Å². The fraction of sp³-hybridized carbons (Fsp3) is 0.471. The van der Waals surface area contributed by atoms with Crippen molar-refractivity contribution in [1.29, 1.82) is 0 Å². The summed E-state index contributed by atoms with van der Waals surface area (Å²) in [6.07, 6.45) is 5.76. The maximum absolute atomic E-state index is 14.2. The molecule has 3 aliphatic rings. The lowest BCUT2D eigenvalue weighted by molar-refractivity contribution is -0.146. The van der Waals surface area contributed by atoms with Gasteiger partial charge in [-0.1, -0.05) is 12.5 Å². The first-order valence-electron chi connectivity index (χ1n) is 15.0. The fourth-order valence-corrected chi connectivity index (χ4v) is 7.22. The number of rotatable bonds is 9. The predicted molar refractivity (Wildman–Crippen MR) is 167 cm³/mol. The Balaban J connectivity index is 1.58. The lowest BCUT2D eigenvalue weighted by Crippen LogP contribution is -2.37. The molecule has 1 fully saturated rings. The molecule has 1 saturated carbocycles. The Hall–Kier alpha value is -3.46. The maximum atomic E-state index is 14.2. The highest BCUT2D eigenvalue weighted by Crippen LogP contribution is 2.49. The number of Topliss-reactive ketones (excluding diaryl/α,β-unsaturated/α-hetero) is 1. The van der Waals surface area contributed by atoms with Crippen LogP contribution in [0.4, 0.5) is 0 Å². The first-order chi connectivity index (χ1) is 20.8. The third kappa shape index (κ3) is 6.28. The molecule has 2 atom stereocenters. The van der Waals surface area contributed by atoms with Crippen LogP contribution in [0.3, 0.4) is 0 Å². The minimum atomic E-state index is -0.618. The highest BCUT2D eigenvalue weighted by molar-refractivity contribution is 9.10. The fourth-order valence-electron chi connectivity index (χ4n) is 6.60. The molecule has 0 spiro atoms. The van der Waals surface area contributed by atoms with Crippen molar-refractivity contribution in [2.75, 3.05) is 27.9 Å². The van der Waals surface area contributed by atoms with Crippen molar-refractivity contribution >= 4 is 27.7 Å². The second-order valence-electron chi connectivity index (χ2n) is 11.3.